The van der Waals surface area contributed by atoms with Crippen LogP contribution in [0.4, 0.5) is 0 Å². The standard InChI is InChI=1S/C17H21N3O2/c1-19(17(21)13-20-7-9-22-10-8-20)12-15-4-2-3-14-11-18-6-5-16(14)15/h2-6,11H,7-10,12-13H2,1H3. The van der Waals surface area contributed by atoms with Crippen LogP contribution >= 0.6 is 0 Å². The van der Waals surface area contributed by atoms with E-state index >= 15 is 0 Å². The van der Waals surface area contributed by atoms with Crippen LogP contribution in [0.1, 0.15) is 5.56 Å². The number of benzene rings is 1. The van der Waals surface area contributed by atoms with E-state index in [0.717, 1.165) is 29.4 Å². The number of morpholine rings is 1. The van der Waals surface area contributed by atoms with Crippen LogP contribution in [0, 0.1) is 0 Å². The number of pyridine rings is 1. The highest BCUT2D eigenvalue weighted by Gasteiger charge is 2.17. The molecule has 1 aromatic carbocycles. The Morgan fingerprint density at radius 3 is 2.95 bits per heavy atom. The fourth-order valence-electron chi connectivity index (χ4n) is 2.74. The van der Waals surface area contributed by atoms with Gasteiger partial charge >= 0.3 is 0 Å². The van der Waals surface area contributed by atoms with Crippen LogP contribution in [-0.4, -0.2) is 60.6 Å². The van der Waals surface area contributed by atoms with Gasteiger partial charge in [0.15, 0.2) is 0 Å². The lowest BCUT2D eigenvalue weighted by Gasteiger charge is -2.28. The highest BCUT2D eigenvalue weighted by molar-refractivity contribution is 5.85. The van der Waals surface area contributed by atoms with E-state index in [0.29, 0.717) is 26.3 Å². The van der Waals surface area contributed by atoms with E-state index in [1.54, 1.807) is 11.1 Å². The molecule has 0 unspecified atom stereocenters. The van der Waals surface area contributed by atoms with Gasteiger partial charge in [0, 0.05) is 44.5 Å². The minimum absolute atomic E-state index is 0.146. The fraction of sp³-hybridized carbons (Fsp3) is 0.412. The molecule has 5 heteroatoms. The van der Waals surface area contributed by atoms with Crippen molar-refractivity contribution in [3.8, 4) is 0 Å². The minimum atomic E-state index is 0.146. The van der Waals surface area contributed by atoms with Gasteiger partial charge < -0.3 is 9.64 Å². The molecule has 2 aromatic rings. The third kappa shape index (κ3) is 3.43. The molecule has 1 aliphatic rings. The van der Waals surface area contributed by atoms with Crippen LogP contribution in [0.5, 0.6) is 0 Å². The summed E-state index contributed by atoms with van der Waals surface area (Å²) < 4.78 is 5.31. The van der Waals surface area contributed by atoms with Gasteiger partial charge in [0.1, 0.15) is 0 Å². The fourth-order valence-corrected chi connectivity index (χ4v) is 2.74. The maximum atomic E-state index is 12.4. The summed E-state index contributed by atoms with van der Waals surface area (Å²) in [6.07, 6.45) is 3.65. The van der Waals surface area contributed by atoms with Gasteiger partial charge in [0.2, 0.25) is 5.91 Å². The number of carbonyl (C=O) groups is 1. The molecule has 0 spiro atoms. The molecular weight excluding hydrogens is 278 g/mol. The van der Waals surface area contributed by atoms with Gasteiger partial charge in [-0.25, -0.2) is 0 Å². The zero-order valence-electron chi connectivity index (χ0n) is 12.9. The smallest absolute Gasteiger partial charge is 0.236 e. The predicted octanol–water partition coefficient (Wildman–Crippen LogP) is 1.53. The summed E-state index contributed by atoms with van der Waals surface area (Å²) in [4.78, 5) is 20.5. The molecule has 0 atom stereocenters. The lowest BCUT2D eigenvalue weighted by molar-refractivity contribution is -0.132. The van der Waals surface area contributed by atoms with Crippen molar-refractivity contribution in [1.82, 2.24) is 14.8 Å². The number of fused-ring (bicyclic) bond motifs is 1. The number of amides is 1. The zero-order chi connectivity index (χ0) is 15.4. The second kappa shape index (κ2) is 6.85. The summed E-state index contributed by atoms with van der Waals surface area (Å²) >= 11 is 0. The first kappa shape index (κ1) is 14.9. The predicted molar refractivity (Wildman–Crippen MR) is 85.5 cm³/mol. The first-order valence-electron chi connectivity index (χ1n) is 7.60. The molecule has 116 valence electrons. The van der Waals surface area contributed by atoms with Gasteiger partial charge in [0.05, 0.1) is 19.8 Å². The highest BCUT2D eigenvalue weighted by Crippen LogP contribution is 2.18. The number of rotatable bonds is 4. The maximum Gasteiger partial charge on any atom is 0.236 e. The van der Waals surface area contributed by atoms with E-state index < -0.39 is 0 Å². The number of hydrogen-bond donors (Lipinski definition) is 0. The van der Waals surface area contributed by atoms with Gasteiger partial charge in [0.25, 0.3) is 0 Å². The van der Waals surface area contributed by atoms with Gasteiger partial charge in [-0.1, -0.05) is 18.2 Å². The molecule has 0 radical (unpaired) electrons. The van der Waals surface area contributed by atoms with E-state index in [4.69, 9.17) is 4.74 Å². The van der Waals surface area contributed by atoms with Crippen LogP contribution in [0.2, 0.25) is 0 Å². The van der Waals surface area contributed by atoms with E-state index in [9.17, 15) is 4.79 Å². The Morgan fingerprint density at radius 1 is 1.32 bits per heavy atom. The van der Waals surface area contributed by atoms with Crippen LogP contribution in [-0.2, 0) is 16.1 Å². The maximum absolute atomic E-state index is 12.4. The second-order valence-electron chi connectivity index (χ2n) is 5.65. The van der Waals surface area contributed by atoms with Crippen molar-refractivity contribution >= 4 is 16.7 Å². The van der Waals surface area contributed by atoms with Crippen molar-refractivity contribution in [2.24, 2.45) is 0 Å². The van der Waals surface area contributed by atoms with Crippen molar-refractivity contribution < 1.29 is 9.53 Å². The molecule has 1 saturated heterocycles. The first-order chi connectivity index (χ1) is 10.7. The van der Waals surface area contributed by atoms with E-state index in [2.05, 4.69) is 16.0 Å². The number of carbonyl (C=O) groups excluding carboxylic acids is 1. The van der Waals surface area contributed by atoms with Crippen molar-refractivity contribution in [1.29, 1.82) is 0 Å². The Bertz CT molecular complexity index is 648. The average Bonchev–Trinajstić information content (AvgIpc) is 2.56. The summed E-state index contributed by atoms with van der Waals surface area (Å²) in [7, 11) is 1.86. The van der Waals surface area contributed by atoms with E-state index in [1.165, 1.54) is 0 Å². The third-order valence-corrected chi connectivity index (χ3v) is 4.07. The molecular formula is C17H21N3O2. The van der Waals surface area contributed by atoms with Crippen LogP contribution in [0.15, 0.2) is 36.7 Å². The summed E-state index contributed by atoms with van der Waals surface area (Å²) in [5.74, 6) is 0.146. The lowest BCUT2D eigenvalue weighted by atomic mass is 10.1. The van der Waals surface area contributed by atoms with Crippen molar-refractivity contribution in [3.63, 3.8) is 0 Å². The molecule has 0 N–H and O–H groups in total. The van der Waals surface area contributed by atoms with Crippen molar-refractivity contribution in [2.75, 3.05) is 39.9 Å². The van der Waals surface area contributed by atoms with Crippen LogP contribution in [0.3, 0.4) is 0 Å². The van der Waals surface area contributed by atoms with Crippen molar-refractivity contribution in [2.45, 2.75) is 6.54 Å². The molecule has 3 rings (SSSR count). The second-order valence-corrected chi connectivity index (χ2v) is 5.65. The molecule has 1 aliphatic heterocycles. The molecule has 5 nitrogen and oxygen atoms in total. The van der Waals surface area contributed by atoms with E-state index in [-0.39, 0.29) is 5.91 Å². The van der Waals surface area contributed by atoms with Gasteiger partial charge in [-0.3, -0.25) is 14.7 Å². The molecule has 1 aromatic heterocycles. The number of likely N-dealkylation sites (N-methyl/N-ethyl adjacent to an activating group) is 1. The summed E-state index contributed by atoms with van der Waals surface area (Å²) in [5, 5.41) is 2.26. The number of hydrogen-bond acceptors (Lipinski definition) is 4. The third-order valence-electron chi connectivity index (χ3n) is 4.07. The van der Waals surface area contributed by atoms with Gasteiger partial charge in [-0.2, -0.15) is 0 Å². The van der Waals surface area contributed by atoms with Crippen molar-refractivity contribution in [3.05, 3.63) is 42.2 Å². The largest absolute Gasteiger partial charge is 0.379 e. The monoisotopic (exact) mass is 299 g/mol. The van der Waals surface area contributed by atoms with Crippen LogP contribution in [0.25, 0.3) is 10.8 Å². The summed E-state index contributed by atoms with van der Waals surface area (Å²) in [6, 6.07) is 8.13. The van der Waals surface area contributed by atoms with E-state index in [1.807, 2.05) is 31.4 Å². The highest BCUT2D eigenvalue weighted by atomic mass is 16.5. The Balaban J connectivity index is 1.67. The average molecular weight is 299 g/mol. The van der Waals surface area contributed by atoms with Gasteiger partial charge in [-0.15, -0.1) is 0 Å². The number of ether oxygens (including phenoxy) is 1. The van der Waals surface area contributed by atoms with Crippen LogP contribution < -0.4 is 0 Å². The summed E-state index contributed by atoms with van der Waals surface area (Å²) in [6.45, 7) is 4.18. The quantitative estimate of drug-likeness (QED) is 0.859. The number of nitrogens with zero attached hydrogens (tertiary/aromatic N) is 3. The Hall–Kier alpha value is -1.98. The molecule has 22 heavy (non-hydrogen) atoms. The molecule has 0 bridgehead atoms. The molecule has 0 aliphatic carbocycles. The molecule has 2 heterocycles. The minimum Gasteiger partial charge on any atom is -0.379 e. The molecule has 1 fully saturated rings. The Kier molecular flexibility index (Phi) is 4.65. The topological polar surface area (TPSA) is 45.7 Å². The van der Waals surface area contributed by atoms with Gasteiger partial charge in [-0.05, 0) is 17.0 Å². The summed E-state index contributed by atoms with van der Waals surface area (Å²) in [5.41, 5.74) is 1.15. The lowest BCUT2D eigenvalue weighted by Crippen LogP contribution is -2.43. The molecule has 1 amide bonds. The zero-order valence-corrected chi connectivity index (χ0v) is 12.9. The first-order valence-corrected chi connectivity index (χ1v) is 7.60. The Labute approximate surface area is 130 Å². The Morgan fingerprint density at radius 2 is 2.14 bits per heavy atom. The SMILES string of the molecule is CN(Cc1cccc2cnccc12)C(=O)CN1CCOCC1. The molecule has 0 saturated carbocycles. The number of aromatic nitrogens is 1. The normalized spacial score (nSPS) is 15.9.